The van der Waals surface area contributed by atoms with Crippen LogP contribution >= 0.6 is 0 Å². The molecule has 0 spiro atoms. The molecule has 7 heteroatoms. The third kappa shape index (κ3) is 7.01. The first-order valence-corrected chi connectivity index (χ1v) is 9.65. The molecule has 0 aliphatic heterocycles. The minimum atomic E-state index is -0.430. The van der Waals surface area contributed by atoms with Crippen molar-refractivity contribution in [3.63, 3.8) is 0 Å². The number of methoxy groups -OCH3 is 1. The van der Waals surface area contributed by atoms with Crippen LogP contribution in [-0.2, 0) is 11.4 Å². The van der Waals surface area contributed by atoms with Crippen LogP contribution in [0.15, 0.2) is 84.0 Å². The zero-order chi connectivity index (χ0) is 21.9. The molecule has 2 amide bonds. The number of carbonyl (C=O) groups excluding carboxylic acids is 2. The van der Waals surface area contributed by atoms with Crippen LogP contribution in [0, 0.1) is 0 Å². The third-order valence-electron chi connectivity index (χ3n) is 4.29. The summed E-state index contributed by atoms with van der Waals surface area (Å²) in [6.45, 7) is 0.307. The summed E-state index contributed by atoms with van der Waals surface area (Å²) in [4.78, 5) is 23.9. The number of benzene rings is 3. The fourth-order valence-electron chi connectivity index (χ4n) is 2.61. The van der Waals surface area contributed by atoms with Gasteiger partial charge in [0.05, 0.1) is 19.9 Å². The Morgan fingerprint density at radius 2 is 1.58 bits per heavy atom. The molecule has 3 aromatic rings. The van der Waals surface area contributed by atoms with Crippen LogP contribution in [0.2, 0.25) is 0 Å². The quantitative estimate of drug-likeness (QED) is 0.413. The van der Waals surface area contributed by atoms with Gasteiger partial charge in [0.1, 0.15) is 18.1 Å². The van der Waals surface area contributed by atoms with Gasteiger partial charge in [-0.05, 0) is 59.7 Å². The van der Waals surface area contributed by atoms with Crippen molar-refractivity contribution in [2.75, 3.05) is 13.7 Å². The summed E-state index contributed by atoms with van der Waals surface area (Å²) in [5.74, 6) is 0.611. The van der Waals surface area contributed by atoms with Crippen LogP contribution in [-0.4, -0.2) is 31.7 Å². The van der Waals surface area contributed by atoms with Gasteiger partial charge in [-0.1, -0.05) is 30.3 Å². The van der Waals surface area contributed by atoms with E-state index < -0.39 is 5.91 Å². The lowest BCUT2D eigenvalue weighted by atomic mass is 10.2. The smallest absolute Gasteiger partial charge is 0.259 e. The van der Waals surface area contributed by atoms with Gasteiger partial charge in [-0.25, -0.2) is 5.43 Å². The Bertz CT molecular complexity index is 1020. The number of hydrogen-bond donors (Lipinski definition) is 2. The Balaban J connectivity index is 1.40. The van der Waals surface area contributed by atoms with E-state index in [4.69, 9.17) is 9.47 Å². The first kappa shape index (κ1) is 21.6. The summed E-state index contributed by atoms with van der Waals surface area (Å²) in [5.41, 5.74) is 4.71. The molecule has 0 saturated heterocycles. The first-order valence-electron chi connectivity index (χ1n) is 9.65. The molecule has 3 rings (SSSR count). The third-order valence-corrected chi connectivity index (χ3v) is 4.29. The van der Waals surface area contributed by atoms with Crippen molar-refractivity contribution in [3.05, 3.63) is 95.6 Å². The van der Waals surface area contributed by atoms with Crippen LogP contribution in [0.1, 0.15) is 21.5 Å². The molecule has 0 fully saturated rings. The van der Waals surface area contributed by atoms with Crippen LogP contribution in [0.4, 0.5) is 0 Å². The second-order valence-electron chi connectivity index (χ2n) is 6.55. The topological polar surface area (TPSA) is 89.0 Å². The molecule has 7 nitrogen and oxygen atoms in total. The lowest BCUT2D eigenvalue weighted by molar-refractivity contribution is -0.120. The fourth-order valence-corrected chi connectivity index (χ4v) is 2.61. The average Bonchev–Trinajstić information content (AvgIpc) is 2.82. The summed E-state index contributed by atoms with van der Waals surface area (Å²) in [7, 11) is 1.55. The number of carbonyl (C=O) groups is 2. The molecule has 0 heterocycles. The Morgan fingerprint density at radius 1 is 0.903 bits per heavy atom. The van der Waals surface area contributed by atoms with Gasteiger partial charge in [0.15, 0.2) is 0 Å². The molecule has 158 valence electrons. The Labute approximate surface area is 180 Å². The van der Waals surface area contributed by atoms with Crippen LogP contribution in [0.25, 0.3) is 0 Å². The maximum absolute atomic E-state index is 12.0. The highest BCUT2D eigenvalue weighted by Gasteiger charge is 2.07. The lowest BCUT2D eigenvalue weighted by Gasteiger charge is -2.06. The van der Waals surface area contributed by atoms with Crippen molar-refractivity contribution >= 4 is 18.0 Å². The Morgan fingerprint density at radius 3 is 2.26 bits per heavy atom. The minimum Gasteiger partial charge on any atom is -0.497 e. The molecule has 0 saturated carbocycles. The van der Waals surface area contributed by atoms with Gasteiger partial charge in [0.2, 0.25) is 0 Å². The van der Waals surface area contributed by atoms with Gasteiger partial charge in [0, 0.05) is 5.56 Å². The predicted octanol–water partition coefficient (Wildman–Crippen LogP) is 3.15. The molecule has 0 aromatic heterocycles. The second kappa shape index (κ2) is 11.2. The average molecular weight is 417 g/mol. The summed E-state index contributed by atoms with van der Waals surface area (Å²) in [5, 5.41) is 6.44. The molecule has 2 N–H and O–H groups in total. The standard InChI is InChI=1S/C24H23N3O4/c1-30-21-13-9-20(10-14-21)24(29)25-16-23(28)27-26-15-18-7-11-22(12-8-18)31-17-19-5-3-2-4-6-19/h2-15H,16-17H2,1H3,(H,25,29)(H,27,28)/b26-15-. The minimum absolute atomic E-state index is 0.186. The number of rotatable bonds is 9. The van der Waals surface area contributed by atoms with Crippen LogP contribution in [0.5, 0.6) is 11.5 Å². The highest BCUT2D eigenvalue weighted by Crippen LogP contribution is 2.13. The van der Waals surface area contributed by atoms with Gasteiger partial charge >= 0.3 is 0 Å². The van der Waals surface area contributed by atoms with Gasteiger partial charge in [-0.3, -0.25) is 9.59 Å². The molecule has 0 atom stereocenters. The molecule has 0 radical (unpaired) electrons. The van der Waals surface area contributed by atoms with E-state index in [9.17, 15) is 9.59 Å². The van der Waals surface area contributed by atoms with Gasteiger partial charge in [-0.15, -0.1) is 0 Å². The van der Waals surface area contributed by atoms with Gasteiger partial charge < -0.3 is 14.8 Å². The zero-order valence-electron chi connectivity index (χ0n) is 17.1. The molecule has 3 aromatic carbocycles. The van der Waals surface area contributed by atoms with E-state index >= 15 is 0 Å². The summed E-state index contributed by atoms with van der Waals surface area (Å²) in [6.07, 6.45) is 1.52. The van der Waals surface area contributed by atoms with Gasteiger partial charge in [-0.2, -0.15) is 5.10 Å². The predicted molar refractivity (Wildman–Crippen MR) is 118 cm³/mol. The van der Waals surface area contributed by atoms with Gasteiger partial charge in [0.25, 0.3) is 11.8 Å². The highest BCUT2D eigenvalue weighted by molar-refractivity contribution is 5.96. The SMILES string of the molecule is COc1ccc(C(=O)NCC(=O)N/N=C\c2ccc(OCc3ccccc3)cc2)cc1. The molecule has 31 heavy (non-hydrogen) atoms. The molecular weight excluding hydrogens is 394 g/mol. The molecular formula is C24H23N3O4. The van der Waals surface area contributed by atoms with Crippen LogP contribution in [0.3, 0.4) is 0 Å². The van der Waals surface area contributed by atoms with E-state index in [-0.39, 0.29) is 12.5 Å². The normalized spacial score (nSPS) is 10.5. The summed E-state index contributed by atoms with van der Waals surface area (Å²) >= 11 is 0. The number of ether oxygens (including phenoxy) is 2. The van der Waals surface area contributed by atoms with E-state index in [0.717, 1.165) is 16.9 Å². The lowest BCUT2D eigenvalue weighted by Crippen LogP contribution is -2.34. The number of nitrogens with one attached hydrogen (secondary N) is 2. The largest absolute Gasteiger partial charge is 0.497 e. The number of hydrogen-bond acceptors (Lipinski definition) is 5. The maximum atomic E-state index is 12.0. The van der Waals surface area contributed by atoms with Crippen molar-refractivity contribution in [1.82, 2.24) is 10.7 Å². The number of hydrazone groups is 1. The molecule has 0 aliphatic rings. The van der Waals surface area contributed by atoms with Crippen LogP contribution < -0.4 is 20.2 Å². The highest BCUT2D eigenvalue weighted by atomic mass is 16.5. The molecule has 0 aliphatic carbocycles. The monoisotopic (exact) mass is 417 g/mol. The van der Waals surface area contributed by atoms with E-state index in [0.29, 0.717) is 17.9 Å². The molecule has 0 bridgehead atoms. The Hall–Kier alpha value is -4.13. The first-order chi connectivity index (χ1) is 15.1. The summed E-state index contributed by atoms with van der Waals surface area (Å²) < 4.78 is 10.8. The van der Waals surface area contributed by atoms with Crippen molar-refractivity contribution in [1.29, 1.82) is 0 Å². The van der Waals surface area contributed by atoms with E-state index in [1.165, 1.54) is 6.21 Å². The maximum Gasteiger partial charge on any atom is 0.259 e. The fraction of sp³-hybridized carbons (Fsp3) is 0.125. The van der Waals surface area contributed by atoms with Crippen molar-refractivity contribution in [2.24, 2.45) is 5.10 Å². The number of nitrogens with zero attached hydrogens (tertiary/aromatic N) is 1. The summed E-state index contributed by atoms with van der Waals surface area (Å²) in [6, 6.07) is 23.8. The van der Waals surface area contributed by atoms with E-state index in [1.54, 1.807) is 31.4 Å². The Kier molecular flexibility index (Phi) is 7.77. The van der Waals surface area contributed by atoms with Crippen molar-refractivity contribution < 1.29 is 19.1 Å². The second-order valence-corrected chi connectivity index (χ2v) is 6.55. The van der Waals surface area contributed by atoms with E-state index in [1.807, 2.05) is 54.6 Å². The zero-order valence-corrected chi connectivity index (χ0v) is 17.1. The number of amides is 2. The molecule has 0 unspecified atom stereocenters. The van der Waals surface area contributed by atoms with E-state index in [2.05, 4.69) is 15.8 Å². The van der Waals surface area contributed by atoms with Crippen molar-refractivity contribution in [2.45, 2.75) is 6.61 Å². The van der Waals surface area contributed by atoms with Crippen molar-refractivity contribution in [3.8, 4) is 11.5 Å².